The van der Waals surface area contributed by atoms with E-state index in [1.807, 2.05) is 19.1 Å². The van der Waals surface area contributed by atoms with Crippen LogP contribution in [0.1, 0.15) is 27.2 Å². The van der Waals surface area contributed by atoms with Crippen LogP contribution in [0, 0.1) is 5.92 Å². The third kappa shape index (κ3) is 3.31. The summed E-state index contributed by atoms with van der Waals surface area (Å²) in [6, 6.07) is 0.250. The van der Waals surface area contributed by atoms with E-state index in [1.165, 1.54) is 0 Å². The topological polar surface area (TPSA) is 26.0 Å². The van der Waals surface area contributed by atoms with E-state index in [4.69, 9.17) is 5.73 Å². The second kappa shape index (κ2) is 4.57. The van der Waals surface area contributed by atoms with Crippen molar-refractivity contribution in [1.82, 2.24) is 0 Å². The van der Waals surface area contributed by atoms with Crippen LogP contribution in [0.5, 0.6) is 0 Å². The van der Waals surface area contributed by atoms with Gasteiger partial charge in [0.25, 0.3) is 0 Å². The van der Waals surface area contributed by atoms with Crippen molar-refractivity contribution in [2.75, 3.05) is 0 Å². The molecule has 0 aromatic carbocycles. The van der Waals surface area contributed by atoms with E-state index >= 15 is 0 Å². The van der Waals surface area contributed by atoms with Gasteiger partial charge < -0.3 is 5.73 Å². The zero-order valence-electron chi connectivity index (χ0n) is 6.59. The Morgan fingerprint density at radius 1 is 1.56 bits per heavy atom. The van der Waals surface area contributed by atoms with Crippen LogP contribution in [0.15, 0.2) is 12.2 Å². The first kappa shape index (κ1) is 8.70. The van der Waals surface area contributed by atoms with Crippen LogP contribution in [0.4, 0.5) is 0 Å². The van der Waals surface area contributed by atoms with E-state index in [0.29, 0.717) is 5.92 Å². The maximum absolute atomic E-state index is 5.75. The Bertz CT molecular complexity index is 86.6. The highest BCUT2D eigenvalue weighted by molar-refractivity contribution is 4.90. The number of nitrogens with two attached hydrogens (primary N) is 1. The molecule has 0 aliphatic rings. The minimum Gasteiger partial charge on any atom is -0.324 e. The van der Waals surface area contributed by atoms with Gasteiger partial charge in [-0.25, -0.2) is 0 Å². The van der Waals surface area contributed by atoms with Crippen molar-refractivity contribution < 1.29 is 0 Å². The summed E-state index contributed by atoms with van der Waals surface area (Å²) >= 11 is 0. The number of hydrogen-bond donors (Lipinski definition) is 1. The summed E-state index contributed by atoms with van der Waals surface area (Å²) in [5, 5.41) is 0. The third-order valence-corrected chi connectivity index (χ3v) is 1.72. The molecular weight excluding hydrogens is 110 g/mol. The fourth-order valence-corrected chi connectivity index (χ4v) is 0.684. The van der Waals surface area contributed by atoms with Crippen LogP contribution in [0.3, 0.4) is 0 Å². The van der Waals surface area contributed by atoms with Crippen LogP contribution < -0.4 is 5.73 Å². The number of rotatable bonds is 3. The van der Waals surface area contributed by atoms with Gasteiger partial charge in [0.15, 0.2) is 0 Å². The molecular formula is C8H17N. The van der Waals surface area contributed by atoms with Crippen LogP contribution in [-0.2, 0) is 0 Å². The lowest BCUT2D eigenvalue weighted by molar-refractivity contribution is 0.503. The van der Waals surface area contributed by atoms with E-state index in [0.717, 1.165) is 6.42 Å². The highest BCUT2D eigenvalue weighted by Gasteiger charge is 2.04. The molecule has 0 rings (SSSR count). The van der Waals surface area contributed by atoms with Gasteiger partial charge in [-0.1, -0.05) is 32.4 Å². The predicted molar refractivity (Wildman–Crippen MR) is 42.2 cm³/mol. The number of allylic oxidation sites excluding steroid dienone is 1. The quantitative estimate of drug-likeness (QED) is 0.576. The predicted octanol–water partition coefficient (Wildman–Crippen LogP) is 1.94. The largest absolute Gasteiger partial charge is 0.324 e. The molecule has 2 N–H and O–H groups in total. The molecule has 0 radical (unpaired) electrons. The standard InChI is InChI=1S/C8H17N/c1-4-6-8(9)7(3)5-2/h4,6-8H,5,9H2,1-3H3/b6-4-. The minimum atomic E-state index is 0.250. The molecule has 1 heteroatoms. The lowest BCUT2D eigenvalue weighted by atomic mass is 10.00. The molecule has 0 heterocycles. The maximum atomic E-state index is 5.75. The van der Waals surface area contributed by atoms with E-state index in [-0.39, 0.29) is 6.04 Å². The van der Waals surface area contributed by atoms with Gasteiger partial charge in [0.2, 0.25) is 0 Å². The van der Waals surface area contributed by atoms with Crippen LogP contribution >= 0.6 is 0 Å². The summed E-state index contributed by atoms with van der Waals surface area (Å²) in [6.45, 7) is 6.33. The molecule has 0 aliphatic heterocycles. The van der Waals surface area contributed by atoms with Crippen LogP contribution in [0.25, 0.3) is 0 Å². The van der Waals surface area contributed by atoms with Gasteiger partial charge in [0, 0.05) is 6.04 Å². The Balaban J connectivity index is 3.58. The van der Waals surface area contributed by atoms with E-state index in [2.05, 4.69) is 13.8 Å². The van der Waals surface area contributed by atoms with Crippen molar-refractivity contribution in [1.29, 1.82) is 0 Å². The molecule has 2 atom stereocenters. The third-order valence-electron chi connectivity index (χ3n) is 1.72. The molecule has 0 saturated carbocycles. The molecule has 0 bridgehead atoms. The molecule has 0 aromatic heterocycles. The molecule has 0 amide bonds. The van der Waals surface area contributed by atoms with E-state index < -0.39 is 0 Å². The minimum absolute atomic E-state index is 0.250. The first-order valence-electron chi connectivity index (χ1n) is 3.60. The van der Waals surface area contributed by atoms with Gasteiger partial charge in [-0.2, -0.15) is 0 Å². The molecule has 9 heavy (non-hydrogen) atoms. The molecule has 0 saturated heterocycles. The smallest absolute Gasteiger partial charge is 0.0249 e. The monoisotopic (exact) mass is 127 g/mol. The van der Waals surface area contributed by atoms with Gasteiger partial charge in [-0.05, 0) is 12.8 Å². The summed E-state index contributed by atoms with van der Waals surface area (Å²) in [6.07, 6.45) is 5.22. The first-order valence-corrected chi connectivity index (χ1v) is 3.60. The molecule has 0 spiro atoms. The maximum Gasteiger partial charge on any atom is 0.0249 e. The average molecular weight is 127 g/mol. The Hall–Kier alpha value is -0.300. The Kier molecular flexibility index (Phi) is 4.41. The zero-order chi connectivity index (χ0) is 7.28. The normalized spacial score (nSPS) is 18.2. The second-order valence-electron chi connectivity index (χ2n) is 2.49. The van der Waals surface area contributed by atoms with E-state index in [1.54, 1.807) is 0 Å². The van der Waals surface area contributed by atoms with Crippen molar-refractivity contribution >= 4 is 0 Å². The lowest BCUT2D eigenvalue weighted by Crippen LogP contribution is -2.24. The second-order valence-corrected chi connectivity index (χ2v) is 2.49. The van der Waals surface area contributed by atoms with Gasteiger partial charge >= 0.3 is 0 Å². The fraction of sp³-hybridized carbons (Fsp3) is 0.750. The highest BCUT2D eigenvalue weighted by atomic mass is 14.6. The summed E-state index contributed by atoms with van der Waals surface area (Å²) in [4.78, 5) is 0. The Morgan fingerprint density at radius 3 is 2.44 bits per heavy atom. The molecule has 0 aliphatic carbocycles. The molecule has 0 fully saturated rings. The Morgan fingerprint density at radius 2 is 2.11 bits per heavy atom. The lowest BCUT2D eigenvalue weighted by Gasteiger charge is -2.12. The van der Waals surface area contributed by atoms with Crippen LogP contribution in [-0.4, -0.2) is 6.04 Å². The van der Waals surface area contributed by atoms with Crippen molar-refractivity contribution in [2.45, 2.75) is 33.2 Å². The zero-order valence-corrected chi connectivity index (χ0v) is 6.59. The van der Waals surface area contributed by atoms with Gasteiger partial charge in [0.05, 0.1) is 0 Å². The SMILES string of the molecule is C/C=C\C(N)C(C)CC. The average Bonchev–Trinajstić information content (AvgIpc) is 1.87. The molecule has 1 nitrogen and oxygen atoms in total. The summed E-state index contributed by atoms with van der Waals surface area (Å²) < 4.78 is 0. The van der Waals surface area contributed by atoms with Crippen molar-refractivity contribution in [3.05, 3.63) is 12.2 Å². The highest BCUT2D eigenvalue weighted by Crippen LogP contribution is 2.05. The summed E-state index contributed by atoms with van der Waals surface area (Å²) in [7, 11) is 0. The van der Waals surface area contributed by atoms with Gasteiger partial charge in [-0.3, -0.25) is 0 Å². The van der Waals surface area contributed by atoms with Gasteiger partial charge in [-0.15, -0.1) is 0 Å². The molecule has 2 unspecified atom stereocenters. The summed E-state index contributed by atoms with van der Waals surface area (Å²) in [5.74, 6) is 0.612. The van der Waals surface area contributed by atoms with Gasteiger partial charge in [0.1, 0.15) is 0 Å². The molecule has 0 aromatic rings. The summed E-state index contributed by atoms with van der Waals surface area (Å²) in [5.41, 5.74) is 5.75. The Labute approximate surface area is 57.9 Å². The van der Waals surface area contributed by atoms with E-state index in [9.17, 15) is 0 Å². The fourth-order valence-electron chi connectivity index (χ4n) is 0.684. The number of hydrogen-bond acceptors (Lipinski definition) is 1. The first-order chi connectivity index (χ1) is 4.22. The van der Waals surface area contributed by atoms with Crippen molar-refractivity contribution in [3.8, 4) is 0 Å². The van der Waals surface area contributed by atoms with Crippen molar-refractivity contribution in [3.63, 3.8) is 0 Å². The molecule has 54 valence electrons. The van der Waals surface area contributed by atoms with Crippen LogP contribution in [0.2, 0.25) is 0 Å². The van der Waals surface area contributed by atoms with Crippen molar-refractivity contribution in [2.24, 2.45) is 11.7 Å².